The minimum Gasteiger partial charge on any atom is -0.475 e. The van der Waals surface area contributed by atoms with E-state index in [1.54, 1.807) is 12.2 Å². The van der Waals surface area contributed by atoms with Gasteiger partial charge in [-0.2, -0.15) is 26.3 Å². The molecule has 15 heteroatoms. The van der Waals surface area contributed by atoms with Crippen molar-refractivity contribution in [2.24, 2.45) is 5.73 Å². The highest BCUT2D eigenvalue weighted by molar-refractivity contribution is 6.42. The van der Waals surface area contributed by atoms with Gasteiger partial charge in [-0.15, -0.1) is 0 Å². The van der Waals surface area contributed by atoms with E-state index < -0.39 is 48.8 Å². The van der Waals surface area contributed by atoms with Crippen LogP contribution in [0.15, 0.2) is 12.1 Å². The molecule has 1 aliphatic rings. The van der Waals surface area contributed by atoms with Crippen molar-refractivity contribution < 1.29 is 45.8 Å². The molecule has 32 heavy (non-hydrogen) atoms. The first kappa shape index (κ1) is 27.8. The molecular formula is C17H17Cl2F6N3O4. The van der Waals surface area contributed by atoms with Gasteiger partial charge in [0.15, 0.2) is 0 Å². The fourth-order valence-electron chi connectivity index (χ4n) is 2.57. The maximum atomic E-state index is 12.6. The van der Waals surface area contributed by atoms with Crippen molar-refractivity contribution in [2.45, 2.75) is 44.2 Å². The number of rotatable bonds is 4. The highest BCUT2D eigenvalue weighted by Crippen LogP contribution is 2.38. The van der Waals surface area contributed by atoms with Gasteiger partial charge in [0.2, 0.25) is 11.8 Å². The first-order valence-corrected chi connectivity index (χ1v) is 9.46. The third kappa shape index (κ3) is 7.41. The highest BCUT2D eigenvalue weighted by Gasteiger charge is 2.41. The molecule has 1 heterocycles. The molecule has 2 amide bonds. The Hall–Kier alpha value is -2.25. The van der Waals surface area contributed by atoms with Crippen LogP contribution in [-0.4, -0.2) is 53.9 Å². The van der Waals surface area contributed by atoms with Gasteiger partial charge in [0.05, 0.1) is 16.1 Å². The van der Waals surface area contributed by atoms with E-state index in [0.717, 1.165) is 4.90 Å². The van der Waals surface area contributed by atoms with Crippen LogP contribution in [0.1, 0.15) is 18.9 Å². The molecule has 1 aliphatic heterocycles. The lowest BCUT2D eigenvalue weighted by Crippen LogP contribution is -2.53. The van der Waals surface area contributed by atoms with E-state index in [2.05, 4.69) is 0 Å². The van der Waals surface area contributed by atoms with Crippen molar-refractivity contribution in [2.75, 3.05) is 11.4 Å². The summed E-state index contributed by atoms with van der Waals surface area (Å²) < 4.78 is 68.8. The number of fused-ring (bicyclic) bond motifs is 1. The van der Waals surface area contributed by atoms with E-state index in [-0.39, 0.29) is 16.5 Å². The number of carboxylic acids is 1. The van der Waals surface area contributed by atoms with Crippen molar-refractivity contribution in [3.63, 3.8) is 0 Å². The van der Waals surface area contributed by atoms with Crippen molar-refractivity contribution in [3.8, 4) is 0 Å². The van der Waals surface area contributed by atoms with Crippen LogP contribution in [0, 0.1) is 0 Å². The lowest BCUT2D eigenvalue weighted by molar-refractivity contribution is -0.192. The second kappa shape index (κ2) is 10.6. The number of hydrogen-bond acceptors (Lipinski definition) is 4. The summed E-state index contributed by atoms with van der Waals surface area (Å²) >= 11 is 11.9. The normalized spacial score (nSPS) is 16.6. The SMILES string of the molecule is CC[C@H](N)C(=O)N1c2cc(Cl)c(Cl)cc2C[C@H]1C(=O)NCC(F)(F)F.O=C(O)C(F)(F)F. The van der Waals surface area contributed by atoms with Crippen LogP contribution in [-0.2, 0) is 20.8 Å². The molecule has 0 fully saturated rings. The molecule has 1 aromatic rings. The fourth-order valence-corrected chi connectivity index (χ4v) is 2.92. The number of nitrogens with one attached hydrogen (secondary N) is 1. The molecule has 1 aromatic carbocycles. The highest BCUT2D eigenvalue weighted by atomic mass is 35.5. The number of carbonyl (C=O) groups excluding carboxylic acids is 2. The van der Waals surface area contributed by atoms with Crippen molar-refractivity contribution in [1.82, 2.24) is 5.32 Å². The van der Waals surface area contributed by atoms with Gasteiger partial charge < -0.3 is 16.2 Å². The molecule has 0 aliphatic carbocycles. The topological polar surface area (TPSA) is 113 Å². The van der Waals surface area contributed by atoms with Crippen molar-refractivity contribution >= 4 is 46.7 Å². The molecule has 0 radical (unpaired) electrons. The standard InChI is InChI=1S/C15H16Cl2F3N3O2.C2HF3O2/c1-2-10(21)14(25)23-11-5-9(17)8(16)3-7(11)4-12(23)13(24)22-6-15(18,19)20;3-2(4,5)1(6)7/h3,5,10,12H,2,4,6,21H2,1H3,(H,22,24);(H,6,7)/t10-,12-;/m0./s1. The molecule has 7 nitrogen and oxygen atoms in total. The summed E-state index contributed by atoms with van der Waals surface area (Å²) in [6.45, 7) is 0.204. The Morgan fingerprint density at radius 1 is 1.19 bits per heavy atom. The monoisotopic (exact) mass is 511 g/mol. The number of carbonyl (C=O) groups is 3. The Balaban J connectivity index is 0.000000633. The number of carboxylic acid groups (broad SMARTS) is 1. The number of aliphatic carboxylic acids is 1. The minimum atomic E-state index is -5.08. The number of amides is 2. The summed E-state index contributed by atoms with van der Waals surface area (Å²) in [5.41, 5.74) is 6.63. The molecule has 0 saturated carbocycles. The van der Waals surface area contributed by atoms with Gasteiger partial charge in [0.25, 0.3) is 0 Å². The Labute approximate surface area is 187 Å². The van der Waals surface area contributed by atoms with Crippen LogP contribution in [0.25, 0.3) is 0 Å². The first-order chi connectivity index (χ1) is 14.5. The number of nitrogens with zero attached hydrogens (tertiary/aromatic N) is 1. The van der Waals surface area contributed by atoms with Crippen LogP contribution >= 0.6 is 23.2 Å². The third-order valence-electron chi connectivity index (χ3n) is 4.11. The second-order valence-electron chi connectivity index (χ2n) is 6.47. The van der Waals surface area contributed by atoms with Crippen molar-refractivity contribution in [3.05, 3.63) is 27.7 Å². The van der Waals surface area contributed by atoms with E-state index in [1.165, 1.54) is 12.1 Å². The molecule has 0 saturated heterocycles. The van der Waals surface area contributed by atoms with Gasteiger partial charge in [-0.1, -0.05) is 30.1 Å². The summed E-state index contributed by atoms with van der Waals surface area (Å²) in [6, 6.07) is 0.875. The van der Waals surface area contributed by atoms with Crippen molar-refractivity contribution in [1.29, 1.82) is 0 Å². The zero-order valence-electron chi connectivity index (χ0n) is 16.2. The number of halogens is 8. The largest absolute Gasteiger partial charge is 0.490 e. The number of benzene rings is 1. The van der Waals surface area contributed by atoms with Crippen LogP contribution in [0.3, 0.4) is 0 Å². The molecule has 0 bridgehead atoms. The Bertz CT molecular complexity index is 879. The van der Waals surface area contributed by atoms with E-state index in [9.17, 15) is 35.9 Å². The Kier molecular flexibility index (Phi) is 9.18. The Morgan fingerprint density at radius 2 is 1.69 bits per heavy atom. The predicted octanol–water partition coefficient (Wildman–Crippen LogP) is 3.30. The maximum absolute atomic E-state index is 12.6. The Morgan fingerprint density at radius 3 is 2.12 bits per heavy atom. The zero-order valence-corrected chi connectivity index (χ0v) is 17.7. The molecule has 2 atom stereocenters. The van der Waals surface area contributed by atoms with E-state index in [1.807, 2.05) is 0 Å². The molecule has 0 unspecified atom stereocenters. The summed E-state index contributed by atoms with van der Waals surface area (Å²) in [6.07, 6.45) is -9.30. The maximum Gasteiger partial charge on any atom is 0.490 e. The second-order valence-corrected chi connectivity index (χ2v) is 7.29. The molecule has 0 aromatic heterocycles. The van der Waals surface area contributed by atoms with Crippen LogP contribution in [0.2, 0.25) is 10.0 Å². The number of hydrogen-bond donors (Lipinski definition) is 3. The summed E-state index contributed by atoms with van der Waals surface area (Å²) in [5, 5.41) is 9.32. The molecular weight excluding hydrogens is 495 g/mol. The van der Waals surface area contributed by atoms with E-state index in [4.69, 9.17) is 38.8 Å². The van der Waals surface area contributed by atoms with Gasteiger partial charge >= 0.3 is 18.3 Å². The van der Waals surface area contributed by atoms with Crippen LogP contribution in [0.4, 0.5) is 32.0 Å². The number of nitrogens with two attached hydrogens (primary N) is 1. The average Bonchev–Trinajstić information content (AvgIpc) is 3.02. The molecule has 2 rings (SSSR count). The van der Waals surface area contributed by atoms with Gasteiger partial charge in [-0.3, -0.25) is 14.5 Å². The lowest BCUT2D eigenvalue weighted by Gasteiger charge is -2.27. The summed E-state index contributed by atoms with van der Waals surface area (Å²) in [4.78, 5) is 34.8. The van der Waals surface area contributed by atoms with Crippen LogP contribution in [0.5, 0.6) is 0 Å². The number of alkyl halides is 6. The molecule has 0 spiro atoms. The smallest absolute Gasteiger partial charge is 0.475 e. The quantitative estimate of drug-likeness (QED) is 0.537. The average molecular weight is 512 g/mol. The third-order valence-corrected chi connectivity index (χ3v) is 4.83. The lowest BCUT2D eigenvalue weighted by atomic mass is 10.1. The van der Waals surface area contributed by atoms with Gasteiger partial charge in [0.1, 0.15) is 12.6 Å². The zero-order chi connectivity index (χ0) is 25.0. The van der Waals surface area contributed by atoms with E-state index in [0.29, 0.717) is 17.7 Å². The van der Waals surface area contributed by atoms with Crippen LogP contribution < -0.4 is 16.0 Å². The number of anilines is 1. The predicted molar refractivity (Wildman–Crippen MR) is 102 cm³/mol. The molecule has 4 N–H and O–H groups in total. The minimum absolute atomic E-state index is 0.0259. The molecule has 180 valence electrons. The summed E-state index contributed by atoms with van der Waals surface area (Å²) in [7, 11) is 0. The first-order valence-electron chi connectivity index (χ1n) is 8.70. The van der Waals surface area contributed by atoms with E-state index >= 15 is 0 Å². The fraction of sp³-hybridized carbons (Fsp3) is 0.471. The van der Waals surface area contributed by atoms with Gasteiger partial charge in [0, 0.05) is 12.1 Å². The van der Waals surface area contributed by atoms with Gasteiger partial charge in [-0.05, 0) is 24.1 Å². The van der Waals surface area contributed by atoms with Gasteiger partial charge in [-0.25, -0.2) is 4.79 Å². The summed E-state index contributed by atoms with van der Waals surface area (Å²) in [5.74, 6) is -4.24.